The summed E-state index contributed by atoms with van der Waals surface area (Å²) in [7, 11) is 0. The smallest absolute Gasteiger partial charge is 0.251 e. The minimum Gasteiger partial charge on any atom is -0.508 e. The van der Waals surface area contributed by atoms with Gasteiger partial charge in [-0.15, -0.1) is 0 Å². The average Bonchev–Trinajstić information content (AvgIpc) is 2.59. The minimum atomic E-state index is -0.527. The van der Waals surface area contributed by atoms with Gasteiger partial charge in [0.05, 0.1) is 0 Å². The first-order valence-electron chi connectivity index (χ1n) is 8.08. The lowest BCUT2D eigenvalue weighted by Crippen LogP contribution is -2.37. The molecule has 0 unspecified atom stereocenters. The Balaban J connectivity index is 2.17. The van der Waals surface area contributed by atoms with E-state index < -0.39 is 5.91 Å². The van der Waals surface area contributed by atoms with E-state index in [1.165, 1.54) is 0 Å². The Morgan fingerprint density at radius 1 is 0.962 bits per heavy atom. The molecule has 5 N–H and O–H groups in total. The second kappa shape index (κ2) is 11.7. The van der Waals surface area contributed by atoms with Gasteiger partial charge in [-0.2, -0.15) is 0 Å². The van der Waals surface area contributed by atoms with E-state index in [1.807, 2.05) is 0 Å². The zero-order valence-corrected chi connectivity index (χ0v) is 14.6. The van der Waals surface area contributed by atoms with Crippen LogP contribution < -0.4 is 10.6 Å². The van der Waals surface area contributed by atoms with Crippen LogP contribution in [0.4, 0.5) is 0 Å². The number of hydrogen-bond donors (Lipinski definition) is 5. The normalized spacial score (nSPS) is 10.2. The van der Waals surface area contributed by atoms with E-state index in [0.717, 1.165) is 5.56 Å². The van der Waals surface area contributed by atoms with Crippen LogP contribution in [0.5, 0.6) is 5.75 Å². The van der Waals surface area contributed by atoms with Gasteiger partial charge < -0.3 is 25.2 Å². The molecule has 0 saturated carbocycles. The Kier molecular flexibility index (Phi) is 9.58. The summed E-state index contributed by atoms with van der Waals surface area (Å²) in [4.78, 5) is 23.3. The first kappa shape index (κ1) is 21.3. The third kappa shape index (κ3) is 9.50. The number of phenolic OH excluding ortho intramolecular Hbond substituents is 1. The largest absolute Gasteiger partial charge is 0.508 e. The molecule has 0 aliphatic rings. The molecular formula is C17H24N4O5. The standard InChI is InChI=1S/C17H24N4O5/c1-2-25-9-14(18)21-17(24)11-26-10-15(19)20-16(23)8-5-12-3-6-13(22)7-4-12/h3-4,6-7,22H,2,5,8-11H2,1H3,(H2,18,21,24)(H2,19,20,23). The van der Waals surface area contributed by atoms with E-state index in [4.69, 9.17) is 20.3 Å². The van der Waals surface area contributed by atoms with Gasteiger partial charge in [0.1, 0.15) is 37.2 Å². The Bertz CT molecular complexity index is 631. The Morgan fingerprint density at radius 3 is 2.15 bits per heavy atom. The number of ether oxygens (including phenoxy) is 2. The first-order chi connectivity index (χ1) is 12.4. The van der Waals surface area contributed by atoms with Crippen molar-refractivity contribution >= 4 is 23.5 Å². The monoisotopic (exact) mass is 364 g/mol. The maximum absolute atomic E-state index is 11.8. The van der Waals surface area contributed by atoms with Crippen LogP contribution in [-0.2, 0) is 25.5 Å². The highest BCUT2D eigenvalue weighted by Crippen LogP contribution is 2.10. The zero-order valence-electron chi connectivity index (χ0n) is 14.6. The third-order valence-corrected chi connectivity index (χ3v) is 3.09. The summed E-state index contributed by atoms with van der Waals surface area (Å²) in [6.45, 7) is 1.67. The molecule has 0 atom stereocenters. The first-order valence-corrected chi connectivity index (χ1v) is 8.08. The lowest BCUT2D eigenvalue weighted by molar-refractivity contribution is -0.123. The van der Waals surface area contributed by atoms with E-state index >= 15 is 0 Å². The van der Waals surface area contributed by atoms with Crippen LogP contribution in [0.25, 0.3) is 0 Å². The molecule has 0 aliphatic carbocycles. The van der Waals surface area contributed by atoms with Crippen molar-refractivity contribution < 1.29 is 24.2 Å². The molecule has 0 radical (unpaired) electrons. The average molecular weight is 364 g/mol. The molecule has 0 heterocycles. The molecule has 0 aliphatic heterocycles. The molecule has 0 fully saturated rings. The highest BCUT2D eigenvalue weighted by Gasteiger charge is 2.08. The van der Waals surface area contributed by atoms with E-state index in [0.29, 0.717) is 13.0 Å². The topological polar surface area (TPSA) is 145 Å². The maximum Gasteiger partial charge on any atom is 0.251 e. The summed E-state index contributed by atoms with van der Waals surface area (Å²) in [6, 6.07) is 6.53. The number of rotatable bonds is 10. The van der Waals surface area contributed by atoms with Crippen LogP contribution in [0.3, 0.4) is 0 Å². The molecule has 1 aromatic carbocycles. The number of carbonyl (C=O) groups is 2. The SMILES string of the molecule is CCOCC(=N)NC(=O)COCC(=N)NC(=O)CCc1ccc(O)cc1. The molecule has 1 aromatic rings. The highest BCUT2D eigenvalue weighted by molar-refractivity contribution is 5.98. The van der Waals surface area contributed by atoms with E-state index in [-0.39, 0.29) is 49.6 Å². The molecule has 9 nitrogen and oxygen atoms in total. The number of aromatic hydroxyl groups is 1. The van der Waals surface area contributed by atoms with Gasteiger partial charge in [0.25, 0.3) is 5.91 Å². The summed E-state index contributed by atoms with van der Waals surface area (Å²) < 4.78 is 9.99. The second-order valence-corrected chi connectivity index (χ2v) is 5.35. The molecular weight excluding hydrogens is 340 g/mol. The second-order valence-electron chi connectivity index (χ2n) is 5.35. The Hall–Kier alpha value is -2.78. The molecule has 142 valence electrons. The molecule has 26 heavy (non-hydrogen) atoms. The van der Waals surface area contributed by atoms with Crippen molar-refractivity contribution in [3.63, 3.8) is 0 Å². The molecule has 9 heteroatoms. The summed E-state index contributed by atoms with van der Waals surface area (Å²) in [5.41, 5.74) is 0.895. The minimum absolute atomic E-state index is 0.00908. The van der Waals surface area contributed by atoms with Gasteiger partial charge in [-0.1, -0.05) is 12.1 Å². The number of carbonyl (C=O) groups excluding carboxylic acids is 2. The van der Waals surface area contributed by atoms with Gasteiger partial charge in [-0.3, -0.25) is 20.4 Å². The molecule has 2 amide bonds. The number of amides is 2. The lowest BCUT2D eigenvalue weighted by atomic mass is 10.1. The van der Waals surface area contributed by atoms with Crippen molar-refractivity contribution in [2.45, 2.75) is 19.8 Å². The van der Waals surface area contributed by atoms with Crippen molar-refractivity contribution in [1.82, 2.24) is 10.6 Å². The number of benzene rings is 1. The highest BCUT2D eigenvalue weighted by atomic mass is 16.5. The van der Waals surface area contributed by atoms with E-state index in [2.05, 4.69) is 10.6 Å². The van der Waals surface area contributed by atoms with Crippen molar-refractivity contribution in [2.24, 2.45) is 0 Å². The zero-order chi connectivity index (χ0) is 19.4. The quantitative estimate of drug-likeness (QED) is 0.304. The van der Waals surface area contributed by atoms with E-state index in [1.54, 1.807) is 31.2 Å². The van der Waals surface area contributed by atoms with Gasteiger partial charge in [0, 0.05) is 13.0 Å². The van der Waals surface area contributed by atoms with Crippen LogP contribution >= 0.6 is 0 Å². The fourth-order valence-electron chi connectivity index (χ4n) is 1.88. The predicted octanol–water partition coefficient (Wildman–Crippen LogP) is 0.565. The third-order valence-electron chi connectivity index (χ3n) is 3.09. The van der Waals surface area contributed by atoms with Crippen LogP contribution in [-0.4, -0.2) is 55.0 Å². The van der Waals surface area contributed by atoms with Crippen LogP contribution in [0, 0.1) is 10.8 Å². The van der Waals surface area contributed by atoms with Gasteiger partial charge in [0.15, 0.2) is 0 Å². The number of aryl methyl sites for hydroxylation is 1. The predicted molar refractivity (Wildman–Crippen MR) is 95.5 cm³/mol. The molecule has 0 aromatic heterocycles. The number of amidine groups is 2. The molecule has 1 rings (SSSR count). The van der Waals surface area contributed by atoms with Crippen LogP contribution in [0.1, 0.15) is 18.9 Å². The number of nitrogens with one attached hydrogen (secondary N) is 4. The fourth-order valence-corrected chi connectivity index (χ4v) is 1.88. The summed E-state index contributed by atoms with van der Waals surface area (Å²) in [5, 5.41) is 28.9. The Labute approximate surface area is 151 Å². The van der Waals surface area contributed by atoms with Crippen molar-refractivity contribution in [3.05, 3.63) is 29.8 Å². The fraction of sp³-hybridized carbons (Fsp3) is 0.412. The molecule has 0 saturated heterocycles. The van der Waals surface area contributed by atoms with Crippen molar-refractivity contribution in [1.29, 1.82) is 10.8 Å². The summed E-state index contributed by atoms with van der Waals surface area (Å²) in [5.74, 6) is -0.930. The van der Waals surface area contributed by atoms with Crippen LogP contribution in [0.15, 0.2) is 24.3 Å². The molecule has 0 spiro atoms. The lowest BCUT2D eigenvalue weighted by Gasteiger charge is -2.09. The van der Waals surface area contributed by atoms with Gasteiger partial charge in [0.2, 0.25) is 5.91 Å². The van der Waals surface area contributed by atoms with Gasteiger partial charge >= 0.3 is 0 Å². The van der Waals surface area contributed by atoms with Gasteiger partial charge in [-0.25, -0.2) is 0 Å². The number of hydrogen-bond acceptors (Lipinski definition) is 7. The number of phenols is 1. The molecule has 0 bridgehead atoms. The van der Waals surface area contributed by atoms with Crippen molar-refractivity contribution in [3.8, 4) is 5.75 Å². The Morgan fingerprint density at radius 2 is 1.54 bits per heavy atom. The van der Waals surface area contributed by atoms with E-state index in [9.17, 15) is 14.7 Å². The summed E-state index contributed by atoms with van der Waals surface area (Å²) >= 11 is 0. The van der Waals surface area contributed by atoms with Gasteiger partial charge in [-0.05, 0) is 31.0 Å². The van der Waals surface area contributed by atoms with Crippen molar-refractivity contribution in [2.75, 3.05) is 26.4 Å². The maximum atomic E-state index is 11.8. The van der Waals surface area contributed by atoms with Crippen LogP contribution in [0.2, 0.25) is 0 Å². The summed E-state index contributed by atoms with van der Waals surface area (Å²) in [6.07, 6.45) is 0.660.